The van der Waals surface area contributed by atoms with Crippen molar-refractivity contribution >= 4 is 27.3 Å². The van der Waals surface area contributed by atoms with E-state index in [1.807, 2.05) is 32.0 Å². The smallest absolute Gasteiger partial charge is 0.243 e. The van der Waals surface area contributed by atoms with Crippen LogP contribution in [-0.4, -0.2) is 32.5 Å². The molecular weight excluding hydrogens is 364 g/mol. The first-order chi connectivity index (χ1) is 12.8. The molecule has 0 aromatic heterocycles. The Hall–Kier alpha value is -2.67. The Morgan fingerprint density at radius 2 is 1.63 bits per heavy atom. The number of rotatable bonds is 8. The van der Waals surface area contributed by atoms with Crippen LogP contribution in [0, 0.1) is 6.92 Å². The molecule has 6 nitrogen and oxygen atoms in total. The van der Waals surface area contributed by atoms with Gasteiger partial charge in [0, 0.05) is 12.1 Å². The van der Waals surface area contributed by atoms with Gasteiger partial charge in [-0.3, -0.25) is 9.59 Å². The standard InChI is InChI=1S/C20H24N2O4S/c1-3-16-6-4-5-7-18(16)22-20(24)14-21-19(23)12-13-27(25,26)17-10-8-15(2)9-11-17/h4-11H,3,12-14H2,1-2H3,(H,21,23)(H,22,24). The van der Waals surface area contributed by atoms with Gasteiger partial charge in [0.05, 0.1) is 17.2 Å². The predicted octanol–water partition coefficient (Wildman–Crippen LogP) is 2.48. The number of carbonyl (C=O) groups excluding carboxylic acids is 2. The Morgan fingerprint density at radius 1 is 0.963 bits per heavy atom. The maximum absolute atomic E-state index is 12.2. The largest absolute Gasteiger partial charge is 0.347 e. The normalized spacial score (nSPS) is 11.0. The second kappa shape index (κ2) is 9.32. The number of para-hydroxylation sites is 1. The first-order valence-corrected chi connectivity index (χ1v) is 10.4. The third-order valence-corrected chi connectivity index (χ3v) is 5.83. The van der Waals surface area contributed by atoms with E-state index in [1.54, 1.807) is 18.2 Å². The van der Waals surface area contributed by atoms with Crippen LogP contribution in [0.5, 0.6) is 0 Å². The molecule has 0 saturated heterocycles. The zero-order valence-corrected chi connectivity index (χ0v) is 16.3. The summed E-state index contributed by atoms with van der Waals surface area (Å²) >= 11 is 0. The molecule has 2 rings (SSSR count). The third-order valence-electron chi connectivity index (χ3n) is 4.10. The van der Waals surface area contributed by atoms with E-state index in [1.165, 1.54) is 12.1 Å². The number of sulfone groups is 1. The molecule has 0 radical (unpaired) electrons. The van der Waals surface area contributed by atoms with Crippen LogP contribution < -0.4 is 10.6 Å². The molecule has 0 bridgehead atoms. The molecular formula is C20H24N2O4S. The van der Waals surface area contributed by atoms with Crippen LogP contribution in [0.25, 0.3) is 0 Å². The van der Waals surface area contributed by atoms with E-state index in [0.29, 0.717) is 5.69 Å². The minimum atomic E-state index is -3.53. The molecule has 0 atom stereocenters. The van der Waals surface area contributed by atoms with E-state index in [-0.39, 0.29) is 29.5 Å². The fraction of sp³-hybridized carbons (Fsp3) is 0.300. The van der Waals surface area contributed by atoms with Crippen LogP contribution in [-0.2, 0) is 25.8 Å². The average molecular weight is 388 g/mol. The summed E-state index contributed by atoms with van der Waals surface area (Å²) in [5.41, 5.74) is 2.67. The molecule has 2 N–H and O–H groups in total. The number of benzene rings is 2. The molecule has 144 valence electrons. The van der Waals surface area contributed by atoms with E-state index in [9.17, 15) is 18.0 Å². The fourth-order valence-corrected chi connectivity index (χ4v) is 3.74. The van der Waals surface area contributed by atoms with Gasteiger partial charge in [0.1, 0.15) is 0 Å². The SMILES string of the molecule is CCc1ccccc1NC(=O)CNC(=O)CCS(=O)(=O)c1ccc(C)cc1. The van der Waals surface area contributed by atoms with Crippen LogP contribution in [0.2, 0.25) is 0 Å². The number of amides is 2. The van der Waals surface area contributed by atoms with Crippen LogP contribution in [0.15, 0.2) is 53.4 Å². The molecule has 0 heterocycles. The summed E-state index contributed by atoms with van der Waals surface area (Å²) in [5, 5.41) is 5.21. The van der Waals surface area contributed by atoms with Crippen molar-refractivity contribution in [3.63, 3.8) is 0 Å². The van der Waals surface area contributed by atoms with E-state index < -0.39 is 15.7 Å². The van der Waals surface area contributed by atoms with Gasteiger partial charge >= 0.3 is 0 Å². The lowest BCUT2D eigenvalue weighted by Crippen LogP contribution is -2.33. The summed E-state index contributed by atoms with van der Waals surface area (Å²) in [6, 6.07) is 13.9. The highest BCUT2D eigenvalue weighted by molar-refractivity contribution is 7.91. The Balaban J connectivity index is 1.82. The van der Waals surface area contributed by atoms with Gasteiger partial charge < -0.3 is 10.6 Å². The molecule has 0 unspecified atom stereocenters. The van der Waals surface area contributed by atoms with E-state index in [0.717, 1.165) is 17.5 Å². The van der Waals surface area contributed by atoms with Crippen molar-refractivity contribution in [2.24, 2.45) is 0 Å². The van der Waals surface area contributed by atoms with Crippen molar-refractivity contribution in [3.8, 4) is 0 Å². The first kappa shape index (κ1) is 20.6. The molecule has 0 aliphatic carbocycles. The highest BCUT2D eigenvalue weighted by atomic mass is 32.2. The van der Waals surface area contributed by atoms with Crippen molar-refractivity contribution < 1.29 is 18.0 Å². The zero-order valence-electron chi connectivity index (χ0n) is 15.5. The van der Waals surface area contributed by atoms with Gasteiger partial charge in [0.2, 0.25) is 11.8 Å². The lowest BCUT2D eigenvalue weighted by molar-refractivity contribution is -0.123. The number of carbonyl (C=O) groups is 2. The lowest BCUT2D eigenvalue weighted by atomic mass is 10.1. The second-order valence-corrected chi connectivity index (χ2v) is 8.33. The van der Waals surface area contributed by atoms with Gasteiger partial charge in [-0.2, -0.15) is 0 Å². The number of hydrogen-bond acceptors (Lipinski definition) is 4. The quantitative estimate of drug-likeness (QED) is 0.727. The Morgan fingerprint density at radius 3 is 2.30 bits per heavy atom. The van der Waals surface area contributed by atoms with E-state index >= 15 is 0 Å². The van der Waals surface area contributed by atoms with Gasteiger partial charge in [-0.1, -0.05) is 42.8 Å². The molecule has 0 fully saturated rings. The molecule has 27 heavy (non-hydrogen) atoms. The number of aryl methyl sites for hydroxylation is 2. The molecule has 0 aliphatic rings. The van der Waals surface area contributed by atoms with Crippen LogP contribution in [0.4, 0.5) is 5.69 Å². The fourth-order valence-electron chi connectivity index (χ4n) is 2.50. The van der Waals surface area contributed by atoms with Crippen LogP contribution in [0.3, 0.4) is 0 Å². The monoisotopic (exact) mass is 388 g/mol. The minimum absolute atomic E-state index is 0.190. The van der Waals surface area contributed by atoms with E-state index in [4.69, 9.17) is 0 Å². The van der Waals surface area contributed by atoms with E-state index in [2.05, 4.69) is 10.6 Å². The van der Waals surface area contributed by atoms with Gasteiger partial charge in [0.15, 0.2) is 9.84 Å². The van der Waals surface area contributed by atoms with Crippen molar-refractivity contribution in [1.82, 2.24) is 5.32 Å². The minimum Gasteiger partial charge on any atom is -0.347 e. The van der Waals surface area contributed by atoms with Crippen LogP contribution >= 0.6 is 0 Å². The Labute approximate surface area is 159 Å². The summed E-state index contributed by atoms with van der Waals surface area (Å²) in [5.74, 6) is -1.14. The molecule has 0 aliphatic heterocycles. The number of nitrogens with one attached hydrogen (secondary N) is 2. The molecule has 0 spiro atoms. The first-order valence-electron chi connectivity index (χ1n) is 8.75. The molecule has 7 heteroatoms. The Bertz CT molecular complexity index is 906. The predicted molar refractivity (Wildman–Crippen MR) is 105 cm³/mol. The van der Waals surface area contributed by atoms with Gasteiger partial charge in [0.25, 0.3) is 0 Å². The maximum atomic E-state index is 12.2. The summed E-state index contributed by atoms with van der Waals surface area (Å²) in [6.45, 7) is 3.65. The van der Waals surface area contributed by atoms with Crippen molar-refractivity contribution in [3.05, 3.63) is 59.7 Å². The number of anilines is 1. The van der Waals surface area contributed by atoms with Gasteiger partial charge in [-0.05, 0) is 37.1 Å². The second-order valence-electron chi connectivity index (χ2n) is 6.22. The van der Waals surface area contributed by atoms with Crippen molar-refractivity contribution in [2.45, 2.75) is 31.6 Å². The van der Waals surface area contributed by atoms with Crippen molar-refractivity contribution in [2.75, 3.05) is 17.6 Å². The lowest BCUT2D eigenvalue weighted by Gasteiger charge is -2.10. The van der Waals surface area contributed by atoms with Crippen molar-refractivity contribution in [1.29, 1.82) is 0 Å². The summed E-state index contributed by atoms with van der Waals surface area (Å²) < 4.78 is 24.5. The summed E-state index contributed by atoms with van der Waals surface area (Å²) in [7, 11) is -3.53. The highest BCUT2D eigenvalue weighted by Crippen LogP contribution is 2.15. The average Bonchev–Trinajstić information content (AvgIpc) is 2.65. The Kier molecular flexibility index (Phi) is 7.12. The third kappa shape index (κ3) is 6.21. The molecule has 2 aromatic carbocycles. The summed E-state index contributed by atoms with van der Waals surface area (Å²) in [4.78, 5) is 24.1. The topological polar surface area (TPSA) is 92.3 Å². The van der Waals surface area contributed by atoms with Gasteiger partial charge in [-0.15, -0.1) is 0 Å². The molecule has 0 saturated carbocycles. The van der Waals surface area contributed by atoms with Crippen LogP contribution in [0.1, 0.15) is 24.5 Å². The summed E-state index contributed by atoms with van der Waals surface area (Å²) in [6.07, 6.45) is 0.578. The number of hydrogen-bond donors (Lipinski definition) is 2. The zero-order chi connectivity index (χ0) is 19.9. The molecule has 2 amide bonds. The maximum Gasteiger partial charge on any atom is 0.243 e. The highest BCUT2D eigenvalue weighted by Gasteiger charge is 2.16. The van der Waals surface area contributed by atoms with Gasteiger partial charge in [-0.25, -0.2) is 8.42 Å². The molecule has 2 aromatic rings.